The summed E-state index contributed by atoms with van der Waals surface area (Å²) in [6.07, 6.45) is 11.7. The van der Waals surface area contributed by atoms with Gasteiger partial charge in [-0.1, -0.05) is 64.7 Å². The Bertz CT molecular complexity index is 537. The van der Waals surface area contributed by atoms with Crippen LogP contribution >= 0.6 is 0 Å². The van der Waals surface area contributed by atoms with Gasteiger partial charge in [-0.05, 0) is 25.7 Å². The standard InChI is InChI=1S/C21H40O7S.Na/c1-3-4-5-6-7-10-14-17-21(23)28-19(18-29(24,25)26)15-12-9-8-11-13-16-20(22)27-2;/h19H,3-18H2,1-2H3,(H,24,25,26);/q;+1/p-1. The molecule has 0 aliphatic carbocycles. The van der Waals surface area contributed by atoms with Crippen LogP contribution in [0.25, 0.3) is 0 Å². The van der Waals surface area contributed by atoms with Crippen molar-refractivity contribution >= 4 is 22.1 Å². The molecule has 0 saturated carbocycles. The Kier molecular flexibility index (Phi) is 22.1. The first-order chi connectivity index (χ1) is 13.8. The zero-order chi connectivity index (χ0) is 22.0. The number of hydrogen-bond donors (Lipinski definition) is 0. The predicted octanol–water partition coefficient (Wildman–Crippen LogP) is 1.49. The minimum absolute atomic E-state index is 0. The fourth-order valence-corrected chi connectivity index (χ4v) is 3.84. The summed E-state index contributed by atoms with van der Waals surface area (Å²) in [7, 11) is -3.09. The van der Waals surface area contributed by atoms with Gasteiger partial charge in [0.05, 0.1) is 23.0 Å². The number of carbonyl (C=O) groups excluding carboxylic acids is 2. The van der Waals surface area contributed by atoms with E-state index in [1.54, 1.807) is 0 Å². The van der Waals surface area contributed by atoms with Crippen molar-refractivity contribution in [2.45, 2.75) is 109 Å². The Labute approximate surface area is 205 Å². The second-order valence-corrected chi connectivity index (χ2v) is 9.04. The second kappa shape index (κ2) is 20.7. The van der Waals surface area contributed by atoms with Crippen molar-refractivity contribution in [3.8, 4) is 0 Å². The van der Waals surface area contributed by atoms with Crippen molar-refractivity contribution in [1.29, 1.82) is 0 Å². The molecule has 0 aromatic carbocycles. The number of rotatable bonds is 19. The van der Waals surface area contributed by atoms with E-state index in [1.165, 1.54) is 32.8 Å². The molecule has 9 heteroatoms. The van der Waals surface area contributed by atoms with E-state index in [0.29, 0.717) is 19.3 Å². The third-order valence-corrected chi connectivity index (χ3v) is 5.59. The number of esters is 2. The summed E-state index contributed by atoms with van der Waals surface area (Å²) in [6.45, 7) is 2.17. The molecule has 0 aliphatic heterocycles. The first-order valence-electron chi connectivity index (χ1n) is 11.0. The van der Waals surface area contributed by atoms with E-state index in [9.17, 15) is 22.6 Å². The fourth-order valence-electron chi connectivity index (χ4n) is 3.15. The molecule has 0 aromatic heterocycles. The molecule has 172 valence electrons. The molecule has 0 fully saturated rings. The zero-order valence-electron chi connectivity index (χ0n) is 19.2. The van der Waals surface area contributed by atoms with Crippen LogP contribution in [0.5, 0.6) is 0 Å². The van der Waals surface area contributed by atoms with Crippen molar-refractivity contribution < 1.29 is 61.6 Å². The molecule has 0 heterocycles. The number of hydrogen-bond acceptors (Lipinski definition) is 7. The molecule has 0 amide bonds. The van der Waals surface area contributed by atoms with Crippen molar-refractivity contribution in [3.63, 3.8) is 0 Å². The van der Waals surface area contributed by atoms with E-state index < -0.39 is 27.9 Å². The molecule has 30 heavy (non-hydrogen) atoms. The van der Waals surface area contributed by atoms with Gasteiger partial charge in [0.15, 0.2) is 0 Å². The molecule has 0 bridgehead atoms. The summed E-state index contributed by atoms with van der Waals surface area (Å²) in [6, 6.07) is 0. The predicted molar refractivity (Wildman–Crippen MR) is 111 cm³/mol. The molecule has 0 radical (unpaired) electrons. The first kappa shape index (κ1) is 32.0. The van der Waals surface area contributed by atoms with Crippen molar-refractivity contribution in [2.75, 3.05) is 12.9 Å². The molecule has 0 N–H and O–H groups in total. The topological polar surface area (TPSA) is 110 Å². The van der Waals surface area contributed by atoms with Gasteiger partial charge < -0.3 is 14.0 Å². The normalized spacial score (nSPS) is 12.1. The minimum atomic E-state index is -4.45. The Morgan fingerprint density at radius 2 is 1.27 bits per heavy atom. The van der Waals surface area contributed by atoms with Gasteiger partial charge in [-0.3, -0.25) is 9.59 Å². The van der Waals surface area contributed by atoms with Gasteiger partial charge >= 0.3 is 41.5 Å². The van der Waals surface area contributed by atoms with Crippen LogP contribution in [0.4, 0.5) is 0 Å². The van der Waals surface area contributed by atoms with Gasteiger partial charge in [0, 0.05) is 12.8 Å². The monoisotopic (exact) mass is 458 g/mol. The summed E-state index contributed by atoms with van der Waals surface area (Å²) in [5.74, 6) is -1.32. The maximum absolute atomic E-state index is 12.0. The molecule has 0 saturated heterocycles. The quantitative estimate of drug-likeness (QED) is 0.125. The van der Waals surface area contributed by atoms with Crippen LogP contribution in [0, 0.1) is 0 Å². The van der Waals surface area contributed by atoms with E-state index in [1.807, 2.05) is 0 Å². The summed E-state index contributed by atoms with van der Waals surface area (Å²) in [4.78, 5) is 23.0. The Morgan fingerprint density at radius 1 is 0.800 bits per heavy atom. The summed E-state index contributed by atoms with van der Waals surface area (Å²) in [5.41, 5.74) is 0. The number of methoxy groups -OCH3 is 1. The van der Waals surface area contributed by atoms with E-state index in [0.717, 1.165) is 44.9 Å². The zero-order valence-corrected chi connectivity index (χ0v) is 22.0. The maximum atomic E-state index is 12.0. The van der Waals surface area contributed by atoms with Crippen LogP contribution in [0.3, 0.4) is 0 Å². The minimum Gasteiger partial charge on any atom is -0.748 e. The summed E-state index contributed by atoms with van der Waals surface area (Å²) < 4.78 is 43.1. The molecule has 0 rings (SSSR count). The van der Waals surface area contributed by atoms with E-state index in [4.69, 9.17) is 4.74 Å². The van der Waals surface area contributed by atoms with Crippen molar-refractivity contribution in [1.82, 2.24) is 0 Å². The van der Waals surface area contributed by atoms with Gasteiger partial charge in [-0.2, -0.15) is 0 Å². The Morgan fingerprint density at radius 3 is 1.77 bits per heavy atom. The second-order valence-electron chi connectivity index (χ2n) is 7.59. The van der Waals surface area contributed by atoms with Crippen LogP contribution in [0.15, 0.2) is 0 Å². The molecular weight excluding hydrogens is 419 g/mol. The molecule has 0 spiro atoms. The third kappa shape index (κ3) is 22.5. The van der Waals surface area contributed by atoms with Crippen LogP contribution in [0.1, 0.15) is 103 Å². The van der Waals surface area contributed by atoms with E-state index in [-0.39, 0.29) is 41.9 Å². The van der Waals surface area contributed by atoms with Gasteiger partial charge in [0.1, 0.15) is 6.10 Å². The van der Waals surface area contributed by atoms with Crippen LogP contribution in [-0.4, -0.2) is 43.9 Å². The molecule has 1 unspecified atom stereocenters. The van der Waals surface area contributed by atoms with Crippen molar-refractivity contribution in [3.05, 3.63) is 0 Å². The van der Waals surface area contributed by atoms with Gasteiger partial charge in [-0.15, -0.1) is 0 Å². The third-order valence-electron chi connectivity index (χ3n) is 4.81. The smallest absolute Gasteiger partial charge is 0.748 e. The first-order valence-corrected chi connectivity index (χ1v) is 12.6. The van der Waals surface area contributed by atoms with E-state index in [2.05, 4.69) is 11.7 Å². The number of unbranched alkanes of at least 4 members (excludes halogenated alkanes) is 10. The molecule has 7 nitrogen and oxygen atoms in total. The van der Waals surface area contributed by atoms with Crippen molar-refractivity contribution in [2.24, 2.45) is 0 Å². The van der Waals surface area contributed by atoms with Gasteiger partial charge in [0.2, 0.25) is 0 Å². The number of ether oxygens (including phenoxy) is 2. The largest absolute Gasteiger partial charge is 1.00 e. The van der Waals surface area contributed by atoms with Crippen LogP contribution < -0.4 is 29.6 Å². The molecule has 0 aliphatic rings. The molecule has 1 atom stereocenters. The average molecular weight is 459 g/mol. The Hall–Kier alpha value is -0.150. The van der Waals surface area contributed by atoms with Gasteiger partial charge in [0.25, 0.3) is 0 Å². The maximum Gasteiger partial charge on any atom is 1.00 e. The van der Waals surface area contributed by atoms with Crippen LogP contribution in [-0.2, 0) is 29.2 Å². The summed E-state index contributed by atoms with van der Waals surface area (Å²) >= 11 is 0. The fraction of sp³-hybridized carbons (Fsp3) is 0.905. The van der Waals surface area contributed by atoms with E-state index >= 15 is 0 Å². The SMILES string of the molecule is CCCCCCCCCC(=O)OC(CCCCCCCC(=O)OC)CS(=O)(=O)[O-].[Na+]. The average Bonchev–Trinajstić information content (AvgIpc) is 2.64. The van der Waals surface area contributed by atoms with Gasteiger partial charge in [-0.25, -0.2) is 8.42 Å². The summed E-state index contributed by atoms with van der Waals surface area (Å²) in [5, 5.41) is 0. The number of carbonyl (C=O) groups is 2. The molecule has 0 aromatic rings. The van der Waals surface area contributed by atoms with Crippen LogP contribution in [0.2, 0.25) is 0 Å². The Balaban J connectivity index is 0. The molecular formula is C21H39NaO7S.